The zero-order chi connectivity index (χ0) is 21.7. The molecule has 1 amide bonds. The van der Waals surface area contributed by atoms with E-state index in [1.807, 2.05) is 32.9 Å². The van der Waals surface area contributed by atoms with Gasteiger partial charge in [-0.3, -0.25) is 4.79 Å². The summed E-state index contributed by atoms with van der Waals surface area (Å²) in [6.45, 7) is 8.54. The summed E-state index contributed by atoms with van der Waals surface area (Å²) in [6.07, 6.45) is 1.64. The van der Waals surface area contributed by atoms with Crippen LogP contribution in [0, 0.1) is 32.1 Å². The third kappa shape index (κ3) is 4.61. The number of benzene rings is 2. The Kier molecular flexibility index (Phi) is 6.38. The minimum absolute atomic E-state index is 0.0491. The highest BCUT2D eigenvalue weighted by molar-refractivity contribution is 6.09. The molecule has 0 unspecified atom stereocenters. The Hall–Kier alpha value is -3.78. The minimum atomic E-state index is -0.443. The van der Waals surface area contributed by atoms with E-state index >= 15 is 0 Å². The predicted octanol–water partition coefficient (Wildman–Crippen LogP) is 5.35. The number of carbonyl (C=O) groups is 1. The van der Waals surface area contributed by atoms with Crippen molar-refractivity contribution >= 4 is 17.7 Å². The number of nitrogens with zero attached hydrogens (tertiary/aromatic N) is 2. The van der Waals surface area contributed by atoms with Gasteiger partial charge >= 0.3 is 0 Å². The monoisotopic (exact) mass is 399 g/mol. The predicted molar refractivity (Wildman–Crippen MR) is 120 cm³/mol. The summed E-state index contributed by atoms with van der Waals surface area (Å²) in [6, 6.07) is 19.3. The van der Waals surface area contributed by atoms with E-state index in [0.717, 1.165) is 28.4 Å². The maximum Gasteiger partial charge on any atom is 0.266 e. The number of rotatable bonds is 6. The maximum atomic E-state index is 12.6. The average Bonchev–Trinajstić information content (AvgIpc) is 3.01. The molecular formula is C25H25N3O2. The fourth-order valence-corrected chi connectivity index (χ4v) is 3.33. The van der Waals surface area contributed by atoms with Crippen molar-refractivity contribution in [2.75, 3.05) is 11.9 Å². The van der Waals surface area contributed by atoms with E-state index in [1.165, 1.54) is 5.56 Å². The van der Waals surface area contributed by atoms with Crippen LogP contribution >= 0.6 is 0 Å². The molecule has 0 aliphatic heterocycles. The van der Waals surface area contributed by atoms with Crippen LogP contribution in [0.4, 0.5) is 5.69 Å². The second-order valence-corrected chi connectivity index (χ2v) is 7.08. The van der Waals surface area contributed by atoms with Crippen LogP contribution in [0.2, 0.25) is 0 Å². The van der Waals surface area contributed by atoms with Gasteiger partial charge < -0.3 is 14.6 Å². The fourth-order valence-electron chi connectivity index (χ4n) is 3.33. The van der Waals surface area contributed by atoms with E-state index in [9.17, 15) is 10.1 Å². The largest absolute Gasteiger partial charge is 0.494 e. The molecule has 0 atom stereocenters. The lowest BCUT2D eigenvalue weighted by Gasteiger charge is -2.10. The van der Waals surface area contributed by atoms with Crippen LogP contribution in [0.1, 0.15) is 29.4 Å². The number of carbonyl (C=O) groups excluding carboxylic acids is 1. The lowest BCUT2D eigenvalue weighted by atomic mass is 10.1. The van der Waals surface area contributed by atoms with Crippen LogP contribution in [0.15, 0.2) is 60.2 Å². The van der Waals surface area contributed by atoms with E-state index in [-0.39, 0.29) is 5.57 Å². The Morgan fingerprint density at radius 1 is 1.10 bits per heavy atom. The van der Waals surface area contributed by atoms with Crippen molar-refractivity contribution < 1.29 is 9.53 Å². The van der Waals surface area contributed by atoms with Crippen LogP contribution in [-0.4, -0.2) is 17.1 Å². The molecule has 2 aromatic carbocycles. The second kappa shape index (κ2) is 9.15. The van der Waals surface area contributed by atoms with E-state index in [1.54, 1.807) is 30.3 Å². The Labute approximate surface area is 177 Å². The molecule has 0 saturated heterocycles. The molecule has 1 heterocycles. The number of nitriles is 1. The zero-order valence-corrected chi connectivity index (χ0v) is 17.7. The van der Waals surface area contributed by atoms with Crippen molar-refractivity contribution in [1.82, 2.24) is 4.57 Å². The molecule has 0 fully saturated rings. The van der Waals surface area contributed by atoms with Gasteiger partial charge in [0.15, 0.2) is 0 Å². The van der Waals surface area contributed by atoms with Gasteiger partial charge in [0.1, 0.15) is 17.4 Å². The molecular weight excluding hydrogens is 374 g/mol. The van der Waals surface area contributed by atoms with Crippen LogP contribution in [-0.2, 0) is 4.79 Å². The number of ether oxygens (including phenoxy) is 1. The molecule has 5 heteroatoms. The molecule has 1 aromatic heterocycles. The van der Waals surface area contributed by atoms with Gasteiger partial charge in [0.2, 0.25) is 0 Å². The fraction of sp³-hybridized carbons (Fsp3) is 0.200. The summed E-state index contributed by atoms with van der Waals surface area (Å²) >= 11 is 0. The van der Waals surface area contributed by atoms with Gasteiger partial charge in [-0.1, -0.05) is 17.7 Å². The molecule has 5 nitrogen and oxygen atoms in total. The summed E-state index contributed by atoms with van der Waals surface area (Å²) in [5.41, 5.74) is 5.74. The Balaban J connectivity index is 1.85. The highest BCUT2D eigenvalue weighted by Gasteiger charge is 2.14. The summed E-state index contributed by atoms with van der Waals surface area (Å²) in [5, 5.41) is 12.3. The molecule has 0 bridgehead atoms. The van der Waals surface area contributed by atoms with Crippen molar-refractivity contribution in [1.29, 1.82) is 5.26 Å². The van der Waals surface area contributed by atoms with E-state index in [0.29, 0.717) is 12.3 Å². The lowest BCUT2D eigenvalue weighted by Crippen LogP contribution is -2.13. The van der Waals surface area contributed by atoms with Gasteiger partial charge in [-0.15, -0.1) is 0 Å². The number of amides is 1. The molecule has 1 N–H and O–H groups in total. The minimum Gasteiger partial charge on any atom is -0.494 e. The van der Waals surface area contributed by atoms with Gasteiger partial charge in [-0.25, -0.2) is 0 Å². The smallest absolute Gasteiger partial charge is 0.266 e. The van der Waals surface area contributed by atoms with E-state index in [2.05, 4.69) is 41.1 Å². The molecule has 0 aliphatic carbocycles. The quantitative estimate of drug-likeness (QED) is 0.449. The summed E-state index contributed by atoms with van der Waals surface area (Å²) in [7, 11) is 0. The highest BCUT2D eigenvalue weighted by Crippen LogP contribution is 2.24. The summed E-state index contributed by atoms with van der Waals surface area (Å²) in [5.74, 6) is 0.289. The number of aryl methyl sites for hydroxylation is 2. The summed E-state index contributed by atoms with van der Waals surface area (Å²) < 4.78 is 7.52. The van der Waals surface area contributed by atoms with E-state index in [4.69, 9.17) is 4.74 Å². The third-order valence-corrected chi connectivity index (χ3v) is 4.85. The molecule has 0 radical (unpaired) electrons. The first-order chi connectivity index (χ1) is 14.4. The van der Waals surface area contributed by atoms with Crippen LogP contribution in [0.3, 0.4) is 0 Å². The molecule has 0 spiro atoms. The Morgan fingerprint density at radius 3 is 2.37 bits per heavy atom. The van der Waals surface area contributed by atoms with Gasteiger partial charge in [0.05, 0.1) is 6.61 Å². The maximum absolute atomic E-state index is 12.6. The molecule has 0 aliphatic rings. The third-order valence-electron chi connectivity index (χ3n) is 4.85. The Morgan fingerprint density at radius 2 is 1.77 bits per heavy atom. The molecule has 0 saturated carbocycles. The van der Waals surface area contributed by atoms with Crippen molar-refractivity contribution in [2.45, 2.75) is 27.7 Å². The molecule has 30 heavy (non-hydrogen) atoms. The lowest BCUT2D eigenvalue weighted by molar-refractivity contribution is -0.112. The number of anilines is 1. The highest BCUT2D eigenvalue weighted by atomic mass is 16.5. The van der Waals surface area contributed by atoms with Crippen molar-refractivity contribution in [3.8, 4) is 17.5 Å². The normalized spacial score (nSPS) is 11.1. The number of hydrogen-bond acceptors (Lipinski definition) is 3. The Bertz CT molecular complexity index is 1110. The van der Waals surface area contributed by atoms with Crippen LogP contribution in [0.5, 0.6) is 5.75 Å². The number of aromatic nitrogens is 1. The standard InChI is InChI=1S/C25H25N3O2/c1-5-30-24-12-8-22(9-13-24)27-25(29)21(16-26)15-20-14-18(3)28(19(20)4)23-10-6-17(2)7-11-23/h6-15H,5H2,1-4H3,(H,27,29)/b21-15+. The first kappa shape index (κ1) is 20.9. The van der Waals surface area contributed by atoms with Crippen molar-refractivity contribution in [3.63, 3.8) is 0 Å². The van der Waals surface area contributed by atoms with Gasteiger partial charge in [-0.2, -0.15) is 5.26 Å². The topological polar surface area (TPSA) is 67.0 Å². The van der Waals surface area contributed by atoms with Crippen molar-refractivity contribution in [2.24, 2.45) is 0 Å². The first-order valence-corrected chi connectivity index (χ1v) is 9.85. The molecule has 3 rings (SSSR count). The van der Waals surface area contributed by atoms with Crippen molar-refractivity contribution in [3.05, 3.63) is 82.7 Å². The second-order valence-electron chi connectivity index (χ2n) is 7.08. The van der Waals surface area contributed by atoms with Gasteiger partial charge in [-0.05, 0) is 81.8 Å². The molecule has 3 aromatic rings. The summed E-state index contributed by atoms with van der Waals surface area (Å²) in [4.78, 5) is 12.6. The van der Waals surface area contributed by atoms with Gasteiger partial charge in [0.25, 0.3) is 5.91 Å². The SMILES string of the molecule is CCOc1ccc(NC(=O)/C(C#N)=C/c2cc(C)n(-c3ccc(C)cc3)c2C)cc1. The molecule has 152 valence electrons. The zero-order valence-electron chi connectivity index (χ0n) is 17.7. The van der Waals surface area contributed by atoms with Crippen LogP contribution < -0.4 is 10.1 Å². The number of hydrogen-bond donors (Lipinski definition) is 1. The van der Waals surface area contributed by atoms with Crippen LogP contribution in [0.25, 0.3) is 11.8 Å². The van der Waals surface area contributed by atoms with E-state index < -0.39 is 5.91 Å². The van der Waals surface area contributed by atoms with Gasteiger partial charge in [0, 0.05) is 22.8 Å². The number of nitrogens with one attached hydrogen (secondary N) is 1. The first-order valence-electron chi connectivity index (χ1n) is 9.85. The average molecular weight is 399 g/mol.